The Morgan fingerprint density at radius 2 is 0.846 bits per heavy atom. The summed E-state index contributed by atoms with van der Waals surface area (Å²) in [6.07, 6.45) is 7.42. The maximum atomic E-state index is 7.27. The maximum Gasteiger partial charge on any atom is 0.135 e. The van der Waals surface area contributed by atoms with E-state index < -0.39 is 0 Å². The summed E-state index contributed by atoms with van der Waals surface area (Å²) in [5, 5.41) is 0. The van der Waals surface area contributed by atoms with Crippen LogP contribution in [0.1, 0.15) is 25.0 Å². The van der Waals surface area contributed by atoms with Crippen molar-refractivity contribution in [3.63, 3.8) is 0 Å². The van der Waals surface area contributed by atoms with E-state index in [2.05, 4.69) is 169 Å². The second-order valence-corrected chi connectivity index (χ2v) is 14.2. The van der Waals surface area contributed by atoms with Crippen molar-refractivity contribution in [1.82, 2.24) is 9.97 Å². The highest BCUT2D eigenvalue weighted by molar-refractivity contribution is 6.01. The first-order chi connectivity index (χ1) is 25.5. The first-order valence-corrected chi connectivity index (χ1v) is 17.8. The number of nitrogens with zero attached hydrogens (tertiary/aromatic N) is 2. The summed E-state index contributed by atoms with van der Waals surface area (Å²) >= 11 is 0. The fourth-order valence-corrected chi connectivity index (χ4v) is 8.32. The number of para-hydroxylation sites is 1. The van der Waals surface area contributed by atoms with Gasteiger partial charge in [0, 0.05) is 41.3 Å². The molecule has 0 unspecified atom stereocenters. The Hall–Kier alpha value is -6.58. The van der Waals surface area contributed by atoms with E-state index >= 15 is 0 Å². The standard InChI is InChI=1S/C49H34N2O/c1-49(2)45-13-7-5-11-39(45)43-29-44-42-28-34(32-21-25-51-26-22-32)16-18-38(42)36-10-4-3-9-35(36)37-17-15-33(31-19-23-50-24-20-31)27-41(37)40-12-6-8-14-47(40)52-48(44)30-46(43)49/h3-30H,1-2H3. The summed E-state index contributed by atoms with van der Waals surface area (Å²) in [5.74, 6) is 1.66. The van der Waals surface area contributed by atoms with Crippen LogP contribution in [-0.4, -0.2) is 9.97 Å². The molecule has 0 fully saturated rings. The van der Waals surface area contributed by atoms with Crippen molar-refractivity contribution in [3.05, 3.63) is 182 Å². The fraction of sp³-hybridized carbons (Fsp3) is 0.0612. The van der Waals surface area contributed by atoms with E-state index in [0.29, 0.717) is 0 Å². The van der Waals surface area contributed by atoms with Gasteiger partial charge < -0.3 is 4.74 Å². The van der Waals surface area contributed by atoms with E-state index in [4.69, 9.17) is 4.74 Å². The Morgan fingerprint density at radius 3 is 1.46 bits per heavy atom. The molecule has 1 aliphatic heterocycles. The van der Waals surface area contributed by atoms with Crippen LogP contribution in [0, 0.1) is 0 Å². The fourth-order valence-electron chi connectivity index (χ4n) is 8.32. The molecule has 3 nitrogen and oxygen atoms in total. The summed E-state index contributed by atoms with van der Waals surface area (Å²) in [6.45, 7) is 4.65. The molecule has 3 heterocycles. The maximum absolute atomic E-state index is 7.27. The third kappa shape index (κ3) is 4.74. The number of aromatic nitrogens is 2. The van der Waals surface area contributed by atoms with Gasteiger partial charge in [-0.25, -0.2) is 0 Å². The molecule has 0 atom stereocenters. The quantitative estimate of drug-likeness (QED) is 0.184. The third-order valence-electron chi connectivity index (χ3n) is 10.9. The van der Waals surface area contributed by atoms with Crippen molar-refractivity contribution in [3.8, 4) is 89.4 Å². The van der Waals surface area contributed by atoms with Crippen LogP contribution < -0.4 is 4.74 Å². The van der Waals surface area contributed by atoms with E-state index in [1.54, 1.807) is 0 Å². The number of rotatable bonds is 2. The second-order valence-electron chi connectivity index (χ2n) is 14.2. The van der Waals surface area contributed by atoms with Gasteiger partial charge in [-0.05, 0) is 132 Å². The van der Waals surface area contributed by atoms with Crippen molar-refractivity contribution in [2.45, 2.75) is 19.3 Å². The molecular weight excluding hydrogens is 633 g/mol. The van der Waals surface area contributed by atoms with Gasteiger partial charge in [0.05, 0.1) is 0 Å². The molecule has 8 aromatic rings. The monoisotopic (exact) mass is 666 g/mol. The molecule has 2 aromatic heterocycles. The molecule has 6 aromatic carbocycles. The molecule has 0 saturated carbocycles. The summed E-state index contributed by atoms with van der Waals surface area (Å²) in [5.41, 5.74) is 18.4. The van der Waals surface area contributed by atoms with Gasteiger partial charge in [-0.3, -0.25) is 9.97 Å². The first kappa shape index (κ1) is 30.3. The molecule has 3 heteroatoms. The van der Waals surface area contributed by atoms with Crippen molar-refractivity contribution >= 4 is 0 Å². The predicted octanol–water partition coefficient (Wildman–Crippen LogP) is 12.9. The molecule has 10 rings (SSSR count). The molecular formula is C49H34N2O. The normalized spacial score (nSPS) is 13.1. The minimum atomic E-state index is -0.184. The van der Waals surface area contributed by atoms with Gasteiger partial charge >= 0.3 is 0 Å². The van der Waals surface area contributed by atoms with Gasteiger partial charge in [-0.2, -0.15) is 0 Å². The lowest BCUT2D eigenvalue weighted by molar-refractivity contribution is 0.484. The lowest BCUT2D eigenvalue weighted by atomic mass is 9.81. The zero-order valence-electron chi connectivity index (χ0n) is 29.0. The number of ether oxygens (including phenoxy) is 1. The number of benzene rings is 6. The van der Waals surface area contributed by atoms with Crippen molar-refractivity contribution in [2.24, 2.45) is 0 Å². The van der Waals surface area contributed by atoms with E-state index in [1.165, 1.54) is 33.4 Å². The number of hydrogen-bond acceptors (Lipinski definition) is 3. The molecule has 0 amide bonds. The highest BCUT2D eigenvalue weighted by atomic mass is 16.5. The molecule has 1 aliphatic carbocycles. The van der Waals surface area contributed by atoms with Crippen LogP contribution in [0.15, 0.2) is 170 Å². The molecule has 0 bridgehead atoms. The Bertz CT molecular complexity index is 2680. The number of pyridine rings is 2. The zero-order chi connectivity index (χ0) is 34.8. The van der Waals surface area contributed by atoms with Crippen LogP contribution in [0.5, 0.6) is 11.5 Å². The highest BCUT2D eigenvalue weighted by Gasteiger charge is 2.37. The Morgan fingerprint density at radius 1 is 0.346 bits per heavy atom. The van der Waals surface area contributed by atoms with Gasteiger partial charge in [0.1, 0.15) is 11.5 Å². The van der Waals surface area contributed by atoms with Crippen molar-refractivity contribution in [1.29, 1.82) is 0 Å². The van der Waals surface area contributed by atoms with Crippen LogP contribution in [0.2, 0.25) is 0 Å². The van der Waals surface area contributed by atoms with E-state index in [9.17, 15) is 0 Å². The number of hydrogen-bond donors (Lipinski definition) is 0. The van der Waals surface area contributed by atoms with Gasteiger partial charge in [0.25, 0.3) is 0 Å². The highest BCUT2D eigenvalue weighted by Crippen LogP contribution is 2.55. The average Bonchev–Trinajstić information content (AvgIpc) is 3.42. The first-order valence-electron chi connectivity index (χ1n) is 17.8. The average molecular weight is 667 g/mol. The van der Waals surface area contributed by atoms with Crippen molar-refractivity contribution in [2.75, 3.05) is 0 Å². The lowest BCUT2D eigenvalue weighted by Crippen LogP contribution is -2.15. The minimum Gasteiger partial charge on any atom is -0.456 e. The van der Waals surface area contributed by atoms with Crippen LogP contribution in [0.4, 0.5) is 0 Å². The summed E-state index contributed by atoms with van der Waals surface area (Å²) in [4.78, 5) is 8.58. The topological polar surface area (TPSA) is 35.0 Å². The van der Waals surface area contributed by atoms with E-state index in [-0.39, 0.29) is 5.41 Å². The SMILES string of the molecule is CC1(C)c2ccccc2-c2cc3c(cc21)Oc1ccccc1-c1cc(-c2ccncc2)ccc1-c1ccccc1-c1ccc(-c2ccncc2)cc1-3. The molecule has 0 spiro atoms. The van der Waals surface area contributed by atoms with Gasteiger partial charge in [-0.15, -0.1) is 0 Å². The van der Waals surface area contributed by atoms with E-state index in [1.807, 2.05) is 24.8 Å². The molecule has 52 heavy (non-hydrogen) atoms. The lowest BCUT2D eigenvalue weighted by Gasteiger charge is -2.24. The summed E-state index contributed by atoms with van der Waals surface area (Å²) in [6, 6.07) is 52.7. The molecule has 246 valence electrons. The molecule has 0 saturated heterocycles. The second kappa shape index (κ2) is 11.8. The largest absolute Gasteiger partial charge is 0.456 e. The van der Waals surface area contributed by atoms with Gasteiger partial charge in [0.2, 0.25) is 0 Å². The predicted molar refractivity (Wildman–Crippen MR) is 212 cm³/mol. The third-order valence-corrected chi connectivity index (χ3v) is 10.9. The van der Waals surface area contributed by atoms with Crippen LogP contribution in [0.3, 0.4) is 0 Å². The van der Waals surface area contributed by atoms with Crippen LogP contribution >= 0.6 is 0 Å². The zero-order valence-corrected chi connectivity index (χ0v) is 29.0. The Balaban J connectivity index is 1.33. The Kier molecular flexibility index (Phi) is 6.84. The summed E-state index contributed by atoms with van der Waals surface area (Å²) < 4.78 is 7.27. The van der Waals surface area contributed by atoms with E-state index in [0.717, 1.165) is 67.1 Å². The van der Waals surface area contributed by atoms with Crippen molar-refractivity contribution < 1.29 is 4.74 Å². The summed E-state index contributed by atoms with van der Waals surface area (Å²) in [7, 11) is 0. The molecule has 2 aliphatic rings. The van der Waals surface area contributed by atoms with Crippen LogP contribution in [0.25, 0.3) is 77.9 Å². The minimum absolute atomic E-state index is 0.184. The number of fused-ring (bicyclic) bond motifs is 12. The molecule has 0 N–H and O–H groups in total. The van der Waals surface area contributed by atoms with Gasteiger partial charge in [0.15, 0.2) is 0 Å². The smallest absolute Gasteiger partial charge is 0.135 e. The Labute approximate surface area is 303 Å². The van der Waals surface area contributed by atoms with Crippen LogP contribution in [-0.2, 0) is 5.41 Å². The molecule has 0 radical (unpaired) electrons. The van der Waals surface area contributed by atoms with Gasteiger partial charge in [-0.1, -0.05) is 105 Å².